The normalized spacial score (nSPS) is 16.6. The van der Waals surface area contributed by atoms with Crippen molar-refractivity contribution in [2.24, 2.45) is 11.1 Å². The third-order valence-corrected chi connectivity index (χ3v) is 2.12. The largest absolute Gasteiger partial charge is 0.369 e. The summed E-state index contributed by atoms with van der Waals surface area (Å²) in [5.41, 5.74) is 4.24. The Balaban J connectivity index is 2.75. The third kappa shape index (κ3) is 1.81. The molecular weight excluding hydrogens is 184 g/mol. The minimum Gasteiger partial charge on any atom is -0.369 e. The summed E-state index contributed by atoms with van der Waals surface area (Å²) in [4.78, 5) is 34.3. The molecule has 0 fully saturated rings. The Morgan fingerprint density at radius 2 is 1.79 bits per heavy atom. The van der Waals surface area contributed by atoms with Gasteiger partial charge in [0.25, 0.3) is 11.8 Å². The molecule has 0 spiro atoms. The van der Waals surface area contributed by atoms with E-state index in [-0.39, 0.29) is 6.54 Å². The molecule has 0 aromatic heterocycles. The van der Waals surface area contributed by atoms with Gasteiger partial charge in [-0.15, -0.1) is 0 Å². The van der Waals surface area contributed by atoms with Crippen LogP contribution < -0.4 is 5.73 Å². The summed E-state index contributed by atoms with van der Waals surface area (Å²) in [5, 5.41) is 0. The Morgan fingerprint density at radius 3 is 2.14 bits per heavy atom. The predicted molar refractivity (Wildman–Crippen MR) is 48.8 cm³/mol. The number of carbonyl (C=O) groups excluding carboxylic acids is 3. The van der Waals surface area contributed by atoms with Crippen molar-refractivity contribution in [3.05, 3.63) is 12.2 Å². The maximum atomic E-state index is 11.2. The maximum absolute atomic E-state index is 11.2. The molecule has 1 heterocycles. The number of nitrogens with two attached hydrogens (primary N) is 1. The van der Waals surface area contributed by atoms with Crippen LogP contribution in [0.1, 0.15) is 13.8 Å². The lowest BCUT2D eigenvalue weighted by Crippen LogP contribution is -2.44. The van der Waals surface area contributed by atoms with Crippen LogP contribution in [0.15, 0.2) is 12.2 Å². The van der Waals surface area contributed by atoms with Gasteiger partial charge in [0.1, 0.15) is 0 Å². The van der Waals surface area contributed by atoms with Crippen LogP contribution in [0.4, 0.5) is 0 Å². The van der Waals surface area contributed by atoms with Crippen molar-refractivity contribution in [3.63, 3.8) is 0 Å². The molecule has 0 aliphatic carbocycles. The summed E-state index contributed by atoms with van der Waals surface area (Å²) < 4.78 is 0. The first-order chi connectivity index (χ1) is 6.34. The van der Waals surface area contributed by atoms with Crippen LogP contribution in [0, 0.1) is 5.41 Å². The number of rotatable bonds is 3. The fourth-order valence-electron chi connectivity index (χ4n) is 1.06. The highest BCUT2D eigenvalue weighted by molar-refractivity contribution is 6.13. The van der Waals surface area contributed by atoms with E-state index in [2.05, 4.69) is 0 Å². The van der Waals surface area contributed by atoms with Crippen LogP contribution in [-0.4, -0.2) is 29.2 Å². The molecule has 0 unspecified atom stereocenters. The van der Waals surface area contributed by atoms with Gasteiger partial charge in [0, 0.05) is 18.7 Å². The van der Waals surface area contributed by atoms with Crippen molar-refractivity contribution >= 4 is 17.7 Å². The maximum Gasteiger partial charge on any atom is 0.253 e. The van der Waals surface area contributed by atoms with Gasteiger partial charge < -0.3 is 5.73 Å². The van der Waals surface area contributed by atoms with Crippen molar-refractivity contribution < 1.29 is 14.4 Å². The SMILES string of the molecule is CC(C)(CN1C(=O)C=CC1=O)C(N)=O. The molecule has 0 saturated heterocycles. The van der Waals surface area contributed by atoms with Crippen molar-refractivity contribution in [2.75, 3.05) is 6.54 Å². The highest BCUT2D eigenvalue weighted by Crippen LogP contribution is 2.18. The summed E-state index contributed by atoms with van der Waals surface area (Å²) in [6.45, 7) is 3.20. The van der Waals surface area contributed by atoms with E-state index in [9.17, 15) is 14.4 Å². The Bertz CT molecular complexity index is 313. The van der Waals surface area contributed by atoms with Gasteiger partial charge in [-0.25, -0.2) is 0 Å². The highest BCUT2D eigenvalue weighted by Gasteiger charge is 2.33. The minimum absolute atomic E-state index is 0.0208. The number of carbonyl (C=O) groups is 3. The van der Waals surface area contributed by atoms with Crippen LogP contribution in [0.3, 0.4) is 0 Å². The molecule has 1 aliphatic rings. The molecule has 0 saturated carbocycles. The first-order valence-corrected chi connectivity index (χ1v) is 4.18. The monoisotopic (exact) mass is 196 g/mol. The second-order valence-corrected chi connectivity index (χ2v) is 3.84. The number of hydrogen-bond donors (Lipinski definition) is 1. The zero-order valence-corrected chi connectivity index (χ0v) is 8.11. The Hall–Kier alpha value is -1.65. The Labute approximate surface area is 81.5 Å². The zero-order chi connectivity index (χ0) is 10.9. The van der Waals surface area contributed by atoms with E-state index in [4.69, 9.17) is 5.73 Å². The van der Waals surface area contributed by atoms with Crippen molar-refractivity contribution in [1.82, 2.24) is 4.90 Å². The van der Waals surface area contributed by atoms with Crippen molar-refractivity contribution in [2.45, 2.75) is 13.8 Å². The molecule has 1 aliphatic heterocycles. The summed E-state index contributed by atoms with van der Waals surface area (Å²) in [6.07, 6.45) is 2.36. The van der Waals surface area contributed by atoms with Gasteiger partial charge in [-0.1, -0.05) is 0 Å². The van der Waals surface area contributed by atoms with E-state index in [1.165, 1.54) is 12.2 Å². The van der Waals surface area contributed by atoms with E-state index in [0.29, 0.717) is 0 Å². The number of hydrogen-bond acceptors (Lipinski definition) is 3. The summed E-state index contributed by atoms with van der Waals surface area (Å²) in [5.74, 6) is -1.33. The van der Waals surface area contributed by atoms with Crippen LogP contribution in [-0.2, 0) is 14.4 Å². The highest BCUT2D eigenvalue weighted by atomic mass is 16.2. The molecule has 3 amide bonds. The first-order valence-electron chi connectivity index (χ1n) is 4.18. The molecule has 0 aromatic carbocycles. The van der Waals surface area contributed by atoms with Crippen LogP contribution >= 0.6 is 0 Å². The molecular formula is C9H12N2O3. The molecule has 0 radical (unpaired) electrons. The van der Waals surface area contributed by atoms with Gasteiger partial charge >= 0.3 is 0 Å². The minimum atomic E-state index is -0.892. The molecule has 0 atom stereocenters. The van der Waals surface area contributed by atoms with E-state index in [0.717, 1.165) is 4.90 Å². The summed E-state index contributed by atoms with van der Waals surface area (Å²) in [7, 11) is 0. The fourth-order valence-corrected chi connectivity index (χ4v) is 1.06. The average Bonchev–Trinajstić information content (AvgIpc) is 2.35. The van der Waals surface area contributed by atoms with Gasteiger partial charge in [-0.3, -0.25) is 19.3 Å². The third-order valence-electron chi connectivity index (χ3n) is 2.12. The van der Waals surface area contributed by atoms with Gasteiger partial charge in [-0.05, 0) is 13.8 Å². The molecule has 76 valence electrons. The van der Waals surface area contributed by atoms with E-state index in [1.807, 2.05) is 0 Å². The first kappa shape index (κ1) is 10.4. The molecule has 0 aromatic rings. The van der Waals surface area contributed by atoms with Gasteiger partial charge in [-0.2, -0.15) is 0 Å². The van der Waals surface area contributed by atoms with Gasteiger partial charge in [0.15, 0.2) is 0 Å². The second-order valence-electron chi connectivity index (χ2n) is 3.84. The Kier molecular flexibility index (Phi) is 2.42. The topological polar surface area (TPSA) is 80.5 Å². The van der Waals surface area contributed by atoms with E-state index >= 15 is 0 Å². The Morgan fingerprint density at radius 1 is 1.36 bits per heavy atom. The standard InChI is InChI=1S/C9H12N2O3/c1-9(2,8(10)14)5-11-6(12)3-4-7(11)13/h3-4H,5H2,1-2H3,(H2,10,14). The van der Waals surface area contributed by atoms with Gasteiger partial charge in [0.2, 0.25) is 5.91 Å². The average molecular weight is 196 g/mol. The smallest absolute Gasteiger partial charge is 0.253 e. The van der Waals surface area contributed by atoms with Crippen molar-refractivity contribution in [1.29, 1.82) is 0 Å². The molecule has 0 bridgehead atoms. The predicted octanol–water partition coefficient (Wildman–Crippen LogP) is -0.577. The zero-order valence-electron chi connectivity index (χ0n) is 8.11. The van der Waals surface area contributed by atoms with E-state index < -0.39 is 23.1 Å². The van der Waals surface area contributed by atoms with Gasteiger partial charge in [0.05, 0.1) is 5.41 Å². The van der Waals surface area contributed by atoms with Crippen LogP contribution in [0.5, 0.6) is 0 Å². The second kappa shape index (κ2) is 3.25. The molecule has 5 nitrogen and oxygen atoms in total. The van der Waals surface area contributed by atoms with E-state index in [1.54, 1.807) is 13.8 Å². The number of amides is 3. The number of imide groups is 1. The van der Waals surface area contributed by atoms with Crippen molar-refractivity contribution in [3.8, 4) is 0 Å². The molecule has 14 heavy (non-hydrogen) atoms. The lowest BCUT2D eigenvalue weighted by Gasteiger charge is -2.25. The lowest BCUT2D eigenvalue weighted by atomic mass is 9.92. The lowest BCUT2D eigenvalue weighted by molar-refractivity contribution is -0.140. The number of nitrogens with zero attached hydrogens (tertiary/aromatic N) is 1. The van der Waals surface area contributed by atoms with Crippen LogP contribution in [0.25, 0.3) is 0 Å². The number of primary amides is 1. The van der Waals surface area contributed by atoms with Crippen LogP contribution in [0.2, 0.25) is 0 Å². The molecule has 5 heteroatoms. The summed E-state index contributed by atoms with van der Waals surface area (Å²) in [6, 6.07) is 0. The summed E-state index contributed by atoms with van der Waals surface area (Å²) >= 11 is 0. The molecule has 2 N–H and O–H groups in total. The molecule has 1 rings (SSSR count). The fraction of sp³-hybridized carbons (Fsp3) is 0.444. The quantitative estimate of drug-likeness (QED) is 0.613.